The summed E-state index contributed by atoms with van der Waals surface area (Å²) >= 11 is 0. The van der Waals surface area contributed by atoms with Gasteiger partial charge >= 0.3 is 0 Å². The number of benzene rings is 2. The van der Waals surface area contributed by atoms with Crippen molar-refractivity contribution in [3.63, 3.8) is 0 Å². The number of aryl methyl sites for hydroxylation is 2. The lowest BCUT2D eigenvalue weighted by Crippen LogP contribution is -2.30. The maximum absolute atomic E-state index is 14.9. The Hall–Kier alpha value is -2.42. The van der Waals surface area contributed by atoms with Crippen LogP contribution >= 0.6 is 0 Å². The second-order valence-electron chi connectivity index (χ2n) is 7.90. The van der Waals surface area contributed by atoms with Gasteiger partial charge in [0.1, 0.15) is 12.0 Å². The van der Waals surface area contributed by atoms with Crippen molar-refractivity contribution in [1.82, 2.24) is 9.55 Å². The highest BCUT2D eigenvalue weighted by Crippen LogP contribution is 2.38. The van der Waals surface area contributed by atoms with Crippen molar-refractivity contribution < 1.29 is 4.39 Å². The normalized spacial score (nSPS) is 12.9. The van der Waals surface area contributed by atoms with Gasteiger partial charge in [0.25, 0.3) is 0 Å². The van der Waals surface area contributed by atoms with E-state index < -0.39 is 11.6 Å². The smallest absolute Gasteiger partial charge is 0.144 e. The van der Waals surface area contributed by atoms with Crippen LogP contribution in [0.2, 0.25) is 0 Å². The summed E-state index contributed by atoms with van der Waals surface area (Å²) in [5.74, 6) is 0.877. The van der Waals surface area contributed by atoms with E-state index in [1.807, 2.05) is 51.4 Å². The van der Waals surface area contributed by atoms with Crippen LogP contribution in [0.3, 0.4) is 0 Å². The van der Waals surface area contributed by atoms with Crippen LogP contribution in [0.1, 0.15) is 57.7 Å². The molecule has 0 aliphatic rings. The van der Waals surface area contributed by atoms with Crippen molar-refractivity contribution in [1.29, 1.82) is 0 Å². The molecule has 0 spiro atoms. The number of hydrogen-bond acceptors (Lipinski definition) is 1. The molecule has 0 unspecified atom stereocenters. The zero-order valence-electron chi connectivity index (χ0n) is 17.7. The molecule has 0 saturated carbocycles. The van der Waals surface area contributed by atoms with Gasteiger partial charge in [-0.05, 0) is 36.0 Å². The minimum atomic E-state index is -0.911. The molecule has 0 radical (unpaired) electrons. The van der Waals surface area contributed by atoms with Gasteiger partial charge in [0, 0.05) is 23.4 Å². The third kappa shape index (κ3) is 3.50. The largest absolute Gasteiger partial charge is 0.299 e. The molecule has 0 saturated heterocycles. The van der Waals surface area contributed by atoms with Gasteiger partial charge in [-0.3, -0.25) is 4.57 Å². The van der Waals surface area contributed by atoms with Gasteiger partial charge < -0.3 is 0 Å². The molecule has 28 heavy (non-hydrogen) atoms. The van der Waals surface area contributed by atoms with Crippen LogP contribution in [-0.2, 0) is 18.3 Å². The van der Waals surface area contributed by atoms with E-state index in [4.69, 9.17) is 4.98 Å². The standard InChI is InChI=1S/C25H31FN2/c1-6-18-12-11-13-19(7-2)23(18)28-17-16-27-24(28)20-14-9-10-15-21(20)25(4,5)22(26)8-3/h9-17,22H,6-8H2,1-5H3/t22-/m1/s1. The number of halogens is 1. The van der Waals surface area contributed by atoms with Gasteiger partial charge in [0.05, 0.1) is 5.69 Å². The van der Waals surface area contributed by atoms with Crippen LogP contribution in [0.25, 0.3) is 17.1 Å². The zero-order chi connectivity index (χ0) is 20.3. The SMILES string of the molecule is CCc1cccc(CC)c1-n1ccnc1-c1ccccc1C(C)(C)[C@H](F)CC. The highest BCUT2D eigenvalue weighted by molar-refractivity contribution is 5.66. The second-order valence-corrected chi connectivity index (χ2v) is 7.90. The minimum absolute atomic E-state index is 0.494. The lowest BCUT2D eigenvalue weighted by atomic mass is 9.77. The van der Waals surface area contributed by atoms with Gasteiger partial charge in [-0.1, -0.05) is 77.1 Å². The van der Waals surface area contributed by atoms with Crippen molar-refractivity contribution >= 4 is 0 Å². The summed E-state index contributed by atoms with van der Waals surface area (Å²) in [6, 6.07) is 14.6. The highest BCUT2D eigenvalue weighted by atomic mass is 19.1. The fraction of sp³-hybridized carbons (Fsp3) is 0.400. The summed E-state index contributed by atoms with van der Waals surface area (Å²) in [5.41, 5.74) is 5.23. The molecule has 2 nitrogen and oxygen atoms in total. The molecule has 0 aliphatic carbocycles. The van der Waals surface area contributed by atoms with Crippen molar-refractivity contribution in [3.8, 4) is 17.1 Å². The fourth-order valence-electron chi connectivity index (χ4n) is 4.13. The second kappa shape index (κ2) is 8.30. The number of imidazole rings is 1. The van der Waals surface area contributed by atoms with Gasteiger partial charge in [-0.15, -0.1) is 0 Å². The van der Waals surface area contributed by atoms with E-state index >= 15 is 0 Å². The van der Waals surface area contributed by atoms with Crippen molar-refractivity contribution in [2.24, 2.45) is 0 Å². The Bertz CT molecular complexity index is 917. The molecule has 0 aliphatic heterocycles. The number of para-hydroxylation sites is 1. The Kier molecular flexibility index (Phi) is 6.02. The molecule has 0 fully saturated rings. The molecule has 1 heterocycles. The van der Waals surface area contributed by atoms with Crippen LogP contribution in [-0.4, -0.2) is 15.7 Å². The summed E-state index contributed by atoms with van der Waals surface area (Å²) in [6.07, 6.45) is 5.37. The number of nitrogens with zero attached hydrogens (tertiary/aromatic N) is 2. The Morgan fingerprint density at radius 2 is 1.61 bits per heavy atom. The summed E-state index contributed by atoms with van der Waals surface area (Å²) < 4.78 is 17.0. The van der Waals surface area contributed by atoms with Crippen LogP contribution in [0, 0.1) is 0 Å². The average molecular weight is 379 g/mol. The Labute approximate surface area is 168 Å². The minimum Gasteiger partial charge on any atom is -0.299 e. The first-order valence-corrected chi connectivity index (χ1v) is 10.3. The number of aromatic nitrogens is 2. The van der Waals surface area contributed by atoms with Gasteiger partial charge in [-0.25, -0.2) is 9.37 Å². The molecular formula is C25H31FN2. The first-order chi connectivity index (χ1) is 13.5. The summed E-state index contributed by atoms with van der Waals surface area (Å²) in [4.78, 5) is 4.71. The first-order valence-electron chi connectivity index (χ1n) is 10.3. The predicted molar refractivity (Wildman–Crippen MR) is 116 cm³/mol. The van der Waals surface area contributed by atoms with E-state index in [0.29, 0.717) is 6.42 Å². The number of hydrogen-bond donors (Lipinski definition) is 0. The summed E-state index contributed by atoms with van der Waals surface area (Å²) in [5, 5.41) is 0. The van der Waals surface area contributed by atoms with E-state index in [1.165, 1.54) is 16.8 Å². The topological polar surface area (TPSA) is 17.8 Å². The molecule has 0 N–H and O–H groups in total. The third-order valence-corrected chi connectivity index (χ3v) is 5.85. The molecule has 148 valence electrons. The van der Waals surface area contributed by atoms with Crippen molar-refractivity contribution in [2.45, 2.75) is 65.5 Å². The Morgan fingerprint density at radius 3 is 2.21 bits per heavy atom. The fourth-order valence-corrected chi connectivity index (χ4v) is 4.13. The monoisotopic (exact) mass is 378 g/mol. The molecule has 0 amide bonds. The van der Waals surface area contributed by atoms with Crippen molar-refractivity contribution in [3.05, 3.63) is 71.5 Å². The molecule has 3 rings (SSSR count). The molecule has 1 atom stereocenters. The van der Waals surface area contributed by atoms with E-state index in [2.05, 4.69) is 42.7 Å². The Morgan fingerprint density at radius 1 is 0.964 bits per heavy atom. The van der Waals surface area contributed by atoms with E-state index in [9.17, 15) is 4.39 Å². The van der Waals surface area contributed by atoms with Crippen LogP contribution in [0.5, 0.6) is 0 Å². The van der Waals surface area contributed by atoms with Crippen LogP contribution in [0.4, 0.5) is 4.39 Å². The molecule has 3 heteroatoms. The van der Waals surface area contributed by atoms with Gasteiger partial charge in [-0.2, -0.15) is 0 Å². The molecule has 2 aromatic carbocycles. The van der Waals surface area contributed by atoms with Crippen LogP contribution < -0.4 is 0 Å². The Balaban J connectivity index is 2.24. The first kappa shape index (κ1) is 20.3. The average Bonchev–Trinajstić information content (AvgIpc) is 3.21. The molecular weight excluding hydrogens is 347 g/mol. The zero-order valence-corrected chi connectivity index (χ0v) is 17.7. The highest BCUT2D eigenvalue weighted by Gasteiger charge is 2.33. The quantitative estimate of drug-likeness (QED) is 0.448. The summed E-state index contributed by atoms with van der Waals surface area (Å²) in [7, 11) is 0. The van der Waals surface area contributed by atoms with E-state index in [0.717, 1.165) is 29.8 Å². The van der Waals surface area contributed by atoms with E-state index in [1.54, 1.807) is 0 Å². The molecule has 3 aromatic rings. The van der Waals surface area contributed by atoms with Gasteiger partial charge in [0.2, 0.25) is 0 Å². The number of rotatable bonds is 7. The van der Waals surface area contributed by atoms with Gasteiger partial charge in [0.15, 0.2) is 0 Å². The summed E-state index contributed by atoms with van der Waals surface area (Å²) in [6.45, 7) is 10.2. The maximum atomic E-state index is 14.9. The lowest BCUT2D eigenvalue weighted by Gasteiger charge is -2.31. The lowest BCUT2D eigenvalue weighted by molar-refractivity contribution is 0.209. The maximum Gasteiger partial charge on any atom is 0.144 e. The predicted octanol–water partition coefficient (Wildman–Crippen LogP) is 6.69. The van der Waals surface area contributed by atoms with Crippen molar-refractivity contribution in [2.75, 3.05) is 0 Å². The molecule has 0 bridgehead atoms. The molecule has 1 aromatic heterocycles. The number of alkyl halides is 1. The third-order valence-electron chi connectivity index (χ3n) is 5.85. The van der Waals surface area contributed by atoms with Crippen LogP contribution in [0.15, 0.2) is 54.9 Å². The van der Waals surface area contributed by atoms with E-state index in [-0.39, 0.29) is 0 Å².